The molecule has 0 saturated carbocycles. The molecule has 0 saturated heterocycles. The van der Waals surface area contributed by atoms with Gasteiger partial charge in [-0.05, 0) is 49.0 Å². The Hall–Kier alpha value is -2.14. The van der Waals surface area contributed by atoms with Gasteiger partial charge in [0.25, 0.3) is 0 Å². The third kappa shape index (κ3) is 2.51. The predicted molar refractivity (Wildman–Crippen MR) is 77.0 cm³/mol. The van der Waals surface area contributed by atoms with Crippen molar-refractivity contribution in [3.8, 4) is 0 Å². The fraction of sp³-hybridized carbons (Fsp3) is 0.0714. The lowest BCUT2D eigenvalue weighted by Gasteiger charge is -2.07. The monoisotopic (exact) mass is 268 g/mol. The SMILES string of the molecule is Cc1cc(Sc2ncccn2)c2cc(N)ccc2n1. The summed E-state index contributed by atoms with van der Waals surface area (Å²) < 4.78 is 0. The summed E-state index contributed by atoms with van der Waals surface area (Å²) in [6.07, 6.45) is 3.47. The van der Waals surface area contributed by atoms with Gasteiger partial charge in [-0.2, -0.15) is 0 Å². The molecule has 4 nitrogen and oxygen atoms in total. The summed E-state index contributed by atoms with van der Waals surface area (Å²) >= 11 is 1.52. The van der Waals surface area contributed by atoms with Crippen molar-refractivity contribution >= 4 is 28.4 Å². The van der Waals surface area contributed by atoms with E-state index in [9.17, 15) is 0 Å². The second-order valence-electron chi connectivity index (χ2n) is 4.17. The molecule has 94 valence electrons. The maximum Gasteiger partial charge on any atom is 0.192 e. The van der Waals surface area contributed by atoms with Crippen LogP contribution in [0.3, 0.4) is 0 Å². The average molecular weight is 268 g/mol. The summed E-state index contributed by atoms with van der Waals surface area (Å²) in [5.74, 6) is 0. The lowest BCUT2D eigenvalue weighted by molar-refractivity contribution is 0.967. The van der Waals surface area contributed by atoms with Crippen LogP contribution in [0.2, 0.25) is 0 Å². The number of nitrogens with two attached hydrogens (primary N) is 1. The van der Waals surface area contributed by atoms with E-state index in [1.165, 1.54) is 11.8 Å². The molecule has 0 fully saturated rings. The molecule has 0 spiro atoms. The van der Waals surface area contributed by atoms with Gasteiger partial charge in [0.15, 0.2) is 5.16 Å². The Kier molecular flexibility index (Phi) is 3.05. The van der Waals surface area contributed by atoms with Crippen LogP contribution in [0.15, 0.2) is 52.8 Å². The molecule has 0 aliphatic carbocycles. The zero-order chi connectivity index (χ0) is 13.2. The highest BCUT2D eigenvalue weighted by Crippen LogP contribution is 2.32. The van der Waals surface area contributed by atoms with E-state index < -0.39 is 0 Å². The van der Waals surface area contributed by atoms with E-state index in [-0.39, 0.29) is 0 Å². The van der Waals surface area contributed by atoms with Gasteiger partial charge in [0.05, 0.1) is 5.52 Å². The Morgan fingerprint density at radius 2 is 1.89 bits per heavy atom. The first-order chi connectivity index (χ1) is 9.22. The molecular formula is C14H12N4S. The van der Waals surface area contributed by atoms with Crippen molar-refractivity contribution in [2.45, 2.75) is 17.0 Å². The molecule has 0 bridgehead atoms. The zero-order valence-electron chi connectivity index (χ0n) is 10.4. The molecule has 0 atom stereocenters. The topological polar surface area (TPSA) is 64.7 Å². The van der Waals surface area contributed by atoms with E-state index in [4.69, 9.17) is 5.73 Å². The van der Waals surface area contributed by atoms with E-state index in [2.05, 4.69) is 15.0 Å². The summed E-state index contributed by atoms with van der Waals surface area (Å²) in [7, 11) is 0. The van der Waals surface area contributed by atoms with Gasteiger partial charge in [-0.25, -0.2) is 9.97 Å². The Balaban J connectivity index is 2.14. The molecule has 0 radical (unpaired) electrons. The highest BCUT2D eigenvalue weighted by molar-refractivity contribution is 7.99. The summed E-state index contributed by atoms with van der Waals surface area (Å²) in [6, 6.07) is 9.57. The van der Waals surface area contributed by atoms with Gasteiger partial charge in [-0.15, -0.1) is 0 Å². The number of hydrogen-bond donors (Lipinski definition) is 1. The molecule has 0 unspecified atom stereocenters. The number of aryl methyl sites for hydroxylation is 1. The first kappa shape index (κ1) is 11.9. The quantitative estimate of drug-likeness (QED) is 0.571. The fourth-order valence-electron chi connectivity index (χ4n) is 1.86. The smallest absolute Gasteiger partial charge is 0.192 e. The van der Waals surface area contributed by atoms with Crippen molar-refractivity contribution in [3.05, 3.63) is 48.4 Å². The number of aromatic nitrogens is 3. The minimum Gasteiger partial charge on any atom is -0.399 e. The van der Waals surface area contributed by atoms with E-state index in [1.807, 2.05) is 31.2 Å². The molecule has 0 aliphatic rings. The number of nitrogen functional groups attached to an aromatic ring is 1. The highest BCUT2D eigenvalue weighted by atomic mass is 32.2. The van der Waals surface area contributed by atoms with Gasteiger partial charge in [-0.3, -0.25) is 4.98 Å². The molecule has 3 aromatic rings. The van der Waals surface area contributed by atoms with Crippen LogP contribution in [0.4, 0.5) is 5.69 Å². The van der Waals surface area contributed by atoms with Crippen LogP contribution in [-0.2, 0) is 0 Å². The van der Waals surface area contributed by atoms with Gasteiger partial charge in [0, 0.05) is 34.1 Å². The minimum atomic E-state index is 0.719. The van der Waals surface area contributed by atoms with Crippen LogP contribution < -0.4 is 5.73 Å². The van der Waals surface area contributed by atoms with E-state index in [1.54, 1.807) is 18.5 Å². The number of nitrogens with zero attached hydrogens (tertiary/aromatic N) is 3. The molecule has 2 heterocycles. The van der Waals surface area contributed by atoms with E-state index >= 15 is 0 Å². The molecule has 0 amide bonds. The van der Waals surface area contributed by atoms with Gasteiger partial charge in [0.1, 0.15) is 0 Å². The van der Waals surface area contributed by atoms with Crippen molar-refractivity contribution in [1.29, 1.82) is 0 Å². The standard InChI is InChI=1S/C14H12N4S/c1-9-7-13(19-14-16-5-2-6-17-14)11-8-10(15)3-4-12(11)18-9/h2-8H,15H2,1H3. The van der Waals surface area contributed by atoms with Crippen LogP contribution in [0.1, 0.15) is 5.69 Å². The van der Waals surface area contributed by atoms with Gasteiger partial charge >= 0.3 is 0 Å². The molecule has 5 heteroatoms. The van der Waals surface area contributed by atoms with Crippen LogP contribution in [0, 0.1) is 6.92 Å². The van der Waals surface area contributed by atoms with Crippen molar-refractivity contribution in [3.63, 3.8) is 0 Å². The largest absolute Gasteiger partial charge is 0.399 e. The maximum absolute atomic E-state index is 5.86. The normalized spacial score (nSPS) is 10.8. The fourth-order valence-corrected chi connectivity index (χ4v) is 2.79. The van der Waals surface area contributed by atoms with Crippen molar-refractivity contribution in [2.75, 3.05) is 5.73 Å². The predicted octanol–water partition coefficient (Wildman–Crippen LogP) is 3.07. The third-order valence-corrected chi connectivity index (χ3v) is 3.62. The highest BCUT2D eigenvalue weighted by Gasteiger charge is 2.07. The Labute approximate surface area is 115 Å². The number of fused-ring (bicyclic) bond motifs is 1. The summed E-state index contributed by atoms with van der Waals surface area (Å²) in [5, 5.41) is 1.75. The lowest BCUT2D eigenvalue weighted by Crippen LogP contribution is -1.91. The molecule has 2 N–H and O–H groups in total. The molecule has 0 aliphatic heterocycles. The van der Waals surface area contributed by atoms with Crippen LogP contribution in [0.25, 0.3) is 10.9 Å². The van der Waals surface area contributed by atoms with Crippen LogP contribution in [-0.4, -0.2) is 15.0 Å². The maximum atomic E-state index is 5.86. The van der Waals surface area contributed by atoms with Crippen LogP contribution >= 0.6 is 11.8 Å². The number of pyridine rings is 1. The number of rotatable bonds is 2. The van der Waals surface area contributed by atoms with Crippen molar-refractivity contribution in [2.24, 2.45) is 0 Å². The Morgan fingerprint density at radius 3 is 2.68 bits per heavy atom. The molecule has 1 aromatic carbocycles. The first-order valence-corrected chi connectivity index (χ1v) is 6.66. The summed E-state index contributed by atoms with van der Waals surface area (Å²) in [4.78, 5) is 14.0. The van der Waals surface area contributed by atoms with E-state index in [0.717, 1.165) is 32.3 Å². The van der Waals surface area contributed by atoms with Crippen molar-refractivity contribution in [1.82, 2.24) is 15.0 Å². The second-order valence-corrected chi connectivity index (χ2v) is 5.18. The number of hydrogen-bond acceptors (Lipinski definition) is 5. The molecule has 3 rings (SSSR count). The molecule has 19 heavy (non-hydrogen) atoms. The van der Waals surface area contributed by atoms with E-state index in [0.29, 0.717) is 0 Å². The summed E-state index contributed by atoms with van der Waals surface area (Å²) in [5.41, 5.74) is 8.49. The second kappa shape index (κ2) is 4.85. The number of benzene rings is 1. The van der Waals surface area contributed by atoms with Gasteiger partial charge < -0.3 is 5.73 Å². The average Bonchev–Trinajstić information content (AvgIpc) is 2.41. The Morgan fingerprint density at radius 1 is 1.11 bits per heavy atom. The van der Waals surface area contributed by atoms with Crippen molar-refractivity contribution < 1.29 is 0 Å². The van der Waals surface area contributed by atoms with Gasteiger partial charge in [-0.1, -0.05) is 0 Å². The van der Waals surface area contributed by atoms with Gasteiger partial charge in [0.2, 0.25) is 0 Å². The lowest BCUT2D eigenvalue weighted by atomic mass is 10.2. The Bertz CT molecular complexity index is 728. The first-order valence-electron chi connectivity index (χ1n) is 5.84. The van der Waals surface area contributed by atoms with Crippen LogP contribution in [0.5, 0.6) is 0 Å². The minimum absolute atomic E-state index is 0.719. The molecule has 2 aromatic heterocycles. The number of anilines is 1. The third-order valence-electron chi connectivity index (χ3n) is 2.67. The zero-order valence-corrected chi connectivity index (χ0v) is 11.2. The molecular weight excluding hydrogens is 256 g/mol. The summed E-state index contributed by atoms with van der Waals surface area (Å²) in [6.45, 7) is 1.98.